The average Bonchev–Trinajstić information content (AvgIpc) is 3.31. The van der Waals surface area contributed by atoms with E-state index in [1.165, 1.54) is 11.0 Å². The summed E-state index contributed by atoms with van der Waals surface area (Å²) < 4.78 is 3.64. The summed E-state index contributed by atoms with van der Waals surface area (Å²) in [4.78, 5) is 20.7. The number of hydrogen-bond donors (Lipinski definition) is 1. The van der Waals surface area contributed by atoms with Crippen LogP contribution in [-0.4, -0.2) is 46.5 Å². The van der Waals surface area contributed by atoms with E-state index in [0.717, 1.165) is 30.9 Å². The molecule has 9 heteroatoms. The van der Waals surface area contributed by atoms with Crippen LogP contribution in [-0.2, 0) is 19.4 Å². The molecule has 0 saturated carbocycles. The highest BCUT2D eigenvalue weighted by Crippen LogP contribution is 2.16. The third-order valence-electron chi connectivity index (χ3n) is 4.34. The summed E-state index contributed by atoms with van der Waals surface area (Å²) in [5, 5.41) is 15.6. The molecule has 0 unspecified atom stereocenters. The third kappa shape index (κ3) is 3.00. The Hall–Kier alpha value is -3.10. The smallest absolute Gasteiger partial charge is 0.251 e. The fourth-order valence-corrected chi connectivity index (χ4v) is 3.04. The van der Waals surface area contributed by atoms with E-state index >= 15 is 0 Å². The number of hydrogen-bond acceptors (Lipinski definition) is 6. The van der Waals surface area contributed by atoms with Crippen molar-refractivity contribution in [3.8, 4) is 5.82 Å². The minimum absolute atomic E-state index is 0.0595. The Kier molecular flexibility index (Phi) is 3.96. The molecular formula is C16H18N8O. The molecule has 0 spiro atoms. The molecule has 1 amide bonds. The monoisotopic (exact) mass is 338 g/mol. The molecule has 9 nitrogen and oxygen atoms in total. The van der Waals surface area contributed by atoms with Gasteiger partial charge in [-0.05, 0) is 18.6 Å². The molecule has 0 fully saturated rings. The van der Waals surface area contributed by atoms with Crippen LogP contribution in [0.1, 0.15) is 35.4 Å². The minimum Gasteiger partial charge on any atom is -0.347 e. The maximum Gasteiger partial charge on any atom is 0.251 e. The normalized spacial score (nSPS) is 16.4. The van der Waals surface area contributed by atoms with Gasteiger partial charge in [0.05, 0.1) is 0 Å². The first-order chi connectivity index (χ1) is 12.2. The number of pyridine rings is 1. The number of fused-ring (bicyclic) bond motifs is 1. The van der Waals surface area contributed by atoms with Crippen LogP contribution < -0.4 is 5.32 Å². The van der Waals surface area contributed by atoms with E-state index in [9.17, 15) is 4.79 Å². The Morgan fingerprint density at radius 2 is 2.32 bits per heavy atom. The molecule has 1 aliphatic rings. The second-order valence-electron chi connectivity index (χ2n) is 5.95. The Morgan fingerprint density at radius 3 is 3.12 bits per heavy atom. The molecule has 128 valence electrons. The summed E-state index contributed by atoms with van der Waals surface area (Å²) in [6, 6.07) is 3.46. The maximum atomic E-state index is 12.6. The van der Waals surface area contributed by atoms with Crippen LogP contribution in [0.4, 0.5) is 0 Å². The van der Waals surface area contributed by atoms with Crippen LogP contribution in [0.25, 0.3) is 5.82 Å². The molecule has 0 saturated heterocycles. The fourth-order valence-electron chi connectivity index (χ4n) is 3.04. The Bertz CT molecular complexity index is 872. The highest BCUT2D eigenvalue weighted by molar-refractivity contribution is 5.94. The average molecular weight is 338 g/mol. The van der Waals surface area contributed by atoms with Crippen molar-refractivity contribution in [1.29, 1.82) is 0 Å². The van der Waals surface area contributed by atoms with E-state index in [1.807, 2.05) is 0 Å². The maximum absolute atomic E-state index is 12.6. The van der Waals surface area contributed by atoms with Crippen LogP contribution in [0.5, 0.6) is 0 Å². The third-order valence-corrected chi connectivity index (χ3v) is 4.34. The van der Waals surface area contributed by atoms with Crippen LogP contribution in [0, 0.1) is 0 Å². The van der Waals surface area contributed by atoms with E-state index in [-0.39, 0.29) is 11.9 Å². The number of carbonyl (C=O) groups excluding carboxylic acids is 1. The second-order valence-corrected chi connectivity index (χ2v) is 5.95. The van der Waals surface area contributed by atoms with E-state index in [2.05, 4.69) is 42.1 Å². The van der Waals surface area contributed by atoms with Crippen LogP contribution in [0.3, 0.4) is 0 Å². The lowest BCUT2D eigenvalue weighted by Gasteiger charge is -2.25. The van der Waals surface area contributed by atoms with Gasteiger partial charge in [-0.25, -0.2) is 14.6 Å². The first-order valence-corrected chi connectivity index (χ1v) is 8.27. The van der Waals surface area contributed by atoms with E-state index in [0.29, 0.717) is 17.9 Å². The lowest BCUT2D eigenvalue weighted by Crippen LogP contribution is -2.41. The Balaban J connectivity index is 1.49. The number of amides is 1. The summed E-state index contributed by atoms with van der Waals surface area (Å²) in [5.74, 6) is 2.40. The summed E-state index contributed by atoms with van der Waals surface area (Å²) in [6.45, 7) is 2.76. The zero-order chi connectivity index (χ0) is 17.2. The molecule has 1 atom stereocenters. The van der Waals surface area contributed by atoms with Gasteiger partial charge in [-0.15, -0.1) is 10.2 Å². The minimum atomic E-state index is -0.122. The molecule has 4 heterocycles. The van der Waals surface area contributed by atoms with Gasteiger partial charge in [0, 0.05) is 37.2 Å². The lowest BCUT2D eigenvalue weighted by atomic mass is 10.1. The van der Waals surface area contributed by atoms with Crippen LogP contribution >= 0.6 is 0 Å². The Morgan fingerprint density at radius 1 is 1.40 bits per heavy atom. The van der Waals surface area contributed by atoms with Crippen molar-refractivity contribution in [2.24, 2.45) is 0 Å². The summed E-state index contributed by atoms with van der Waals surface area (Å²) >= 11 is 0. The van der Waals surface area contributed by atoms with E-state index < -0.39 is 0 Å². The van der Waals surface area contributed by atoms with Crippen molar-refractivity contribution < 1.29 is 4.79 Å². The molecule has 3 aromatic rings. The first-order valence-electron chi connectivity index (χ1n) is 8.27. The SMILES string of the molecule is CCc1nnc2n1C[C@H](NC(=O)c1ccnc(-n3cncn3)c1)CC2. The van der Waals surface area contributed by atoms with E-state index in [1.54, 1.807) is 24.7 Å². The largest absolute Gasteiger partial charge is 0.347 e. The van der Waals surface area contributed by atoms with Gasteiger partial charge in [-0.3, -0.25) is 4.79 Å². The van der Waals surface area contributed by atoms with Crippen molar-refractivity contribution in [1.82, 2.24) is 39.8 Å². The molecule has 1 N–H and O–H groups in total. The van der Waals surface area contributed by atoms with Crippen molar-refractivity contribution in [3.05, 3.63) is 48.2 Å². The summed E-state index contributed by atoms with van der Waals surface area (Å²) in [6.07, 6.45) is 7.08. The number of aryl methyl sites for hydroxylation is 2. The van der Waals surface area contributed by atoms with Gasteiger partial charge in [0.2, 0.25) is 0 Å². The molecular weight excluding hydrogens is 320 g/mol. The number of carbonyl (C=O) groups is 1. The zero-order valence-electron chi connectivity index (χ0n) is 13.8. The van der Waals surface area contributed by atoms with Crippen molar-refractivity contribution >= 4 is 5.91 Å². The van der Waals surface area contributed by atoms with Crippen LogP contribution in [0.2, 0.25) is 0 Å². The molecule has 0 aromatic carbocycles. The number of nitrogens with zero attached hydrogens (tertiary/aromatic N) is 7. The molecule has 25 heavy (non-hydrogen) atoms. The topological polar surface area (TPSA) is 103 Å². The fraction of sp³-hybridized carbons (Fsp3) is 0.375. The van der Waals surface area contributed by atoms with Crippen molar-refractivity contribution in [2.45, 2.75) is 38.8 Å². The zero-order valence-corrected chi connectivity index (χ0v) is 13.8. The number of rotatable bonds is 4. The van der Waals surface area contributed by atoms with Gasteiger partial charge < -0.3 is 9.88 Å². The molecule has 4 rings (SSSR count). The summed E-state index contributed by atoms with van der Waals surface area (Å²) in [5.41, 5.74) is 0.547. The predicted molar refractivity (Wildman–Crippen MR) is 88.1 cm³/mol. The predicted octanol–water partition coefficient (Wildman–Crippen LogP) is 0.561. The second kappa shape index (κ2) is 6.42. The molecule has 0 bridgehead atoms. The number of aromatic nitrogens is 7. The van der Waals surface area contributed by atoms with Crippen molar-refractivity contribution in [3.63, 3.8) is 0 Å². The van der Waals surface area contributed by atoms with Crippen molar-refractivity contribution in [2.75, 3.05) is 0 Å². The van der Waals surface area contributed by atoms with Gasteiger partial charge in [0.1, 0.15) is 24.3 Å². The molecule has 0 radical (unpaired) electrons. The quantitative estimate of drug-likeness (QED) is 0.745. The number of nitrogens with one attached hydrogen (secondary N) is 1. The van der Waals surface area contributed by atoms with E-state index in [4.69, 9.17) is 0 Å². The Labute approximate surface area is 144 Å². The first kappa shape index (κ1) is 15.4. The summed E-state index contributed by atoms with van der Waals surface area (Å²) in [7, 11) is 0. The van der Waals surface area contributed by atoms with Gasteiger partial charge >= 0.3 is 0 Å². The van der Waals surface area contributed by atoms with Gasteiger partial charge in [0.25, 0.3) is 5.91 Å². The van der Waals surface area contributed by atoms with Gasteiger partial charge in [-0.1, -0.05) is 6.92 Å². The van der Waals surface area contributed by atoms with Crippen LogP contribution in [0.15, 0.2) is 31.0 Å². The highest BCUT2D eigenvalue weighted by Gasteiger charge is 2.24. The van der Waals surface area contributed by atoms with Gasteiger partial charge in [0.15, 0.2) is 5.82 Å². The lowest BCUT2D eigenvalue weighted by molar-refractivity contribution is 0.0927. The molecule has 0 aliphatic carbocycles. The molecule has 1 aliphatic heterocycles. The standard InChI is InChI=1S/C16H18N8O/c1-2-13-21-22-14-4-3-12(8-23(13)14)20-16(25)11-5-6-18-15(7-11)24-10-17-9-19-24/h5-7,9-10,12H,2-4,8H2,1H3,(H,20,25)/t12-/m1/s1. The molecule has 3 aromatic heterocycles. The highest BCUT2D eigenvalue weighted by atomic mass is 16.1. The van der Waals surface area contributed by atoms with Gasteiger partial charge in [-0.2, -0.15) is 5.10 Å².